The number of rotatable bonds is 8. The zero-order valence-corrected chi connectivity index (χ0v) is 19.6. The number of hydrogen-bond donors (Lipinski definition) is 1. The Bertz CT molecular complexity index is 1290. The molecule has 174 valence electrons. The van der Waals surface area contributed by atoms with E-state index in [1.165, 1.54) is 32.4 Å². The van der Waals surface area contributed by atoms with Crippen LogP contribution in [0.2, 0.25) is 10.0 Å². The van der Waals surface area contributed by atoms with E-state index in [2.05, 4.69) is 10.1 Å². The number of esters is 1. The zero-order valence-electron chi connectivity index (χ0n) is 18.1. The molecule has 0 spiro atoms. The van der Waals surface area contributed by atoms with E-state index in [0.29, 0.717) is 33.5 Å². The van der Waals surface area contributed by atoms with Crippen LogP contribution < -0.4 is 14.8 Å². The summed E-state index contributed by atoms with van der Waals surface area (Å²) in [4.78, 5) is 24.0. The predicted molar refractivity (Wildman–Crippen MR) is 126 cm³/mol. The van der Waals surface area contributed by atoms with Crippen molar-refractivity contribution in [2.45, 2.75) is 6.61 Å². The number of benzene rings is 2. The molecule has 0 aliphatic carbocycles. The minimum absolute atomic E-state index is 0.0379. The van der Waals surface area contributed by atoms with Crippen molar-refractivity contribution < 1.29 is 28.2 Å². The quantitative estimate of drug-likeness (QED) is 0.246. The van der Waals surface area contributed by atoms with Gasteiger partial charge in [-0.1, -0.05) is 29.3 Å². The van der Waals surface area contributed by atoms with Gasteiger partial charge in [-0.15, -0.1) is 0 Å². The molecule has 0 atom stereocenters. The fourth-order valence-corrected chi connectivity index (χ4v) is 3.26. The van der Waals surface area contributed by atoms with Gasteiger partial charge < -0.3 is 23.9 Å². The van der Waals surface area contributed by atoms with E-state index in [0.717, 1.165) is 0 Å². The SMILES string of the molecule is COC(=O)c1ccc(COc2ccc(/C=C(\C#N)C(=O)Nc3ccc(Cl)cc3Cl)cc2OC)o1. The van der Waals surface area contributed by atoms with Crippen LogP contribution in [-0.2, 0) is 16.1 Å². The van der Waals surface area contributed by atoms with Crippen molar-refractivity contribution in [1.82, 2.24) is 0 Å². The normalized spacial score (nSPS) is 10.9. The first-order valence-corrected chi connectivity index (χ1v) is 10.5. The van der Waals surface area contributed by atoms with Gasteiger partial charge in [-0.05, 0) is 54.1 Å². The monoisotopic (exact) mass is 500 g/mol. The van der Waals surface area contributed by atoms with E-state index < -0.39 is 11.9 Å². The van der Waals surface area contributed by atoms with E-state index in [4.69, 9.17) is 37.1 Å². The van der Waals surface area contributed by atoms with E-state index in [1.807, 2.05) is 6.07 Å². The van der Waals surface area contributed by atoms with Gasteiger partial charge >= 0.3 is 5.97 Å². The van der Waals surface area contributed by atoms with Crippen LogP contribution in [0.1, 0.15) is 21.9 Å². The highest BCUT2D eigenvalue weighted by atomic mass is 35.5. The first-order chi connectivity index (χ1) is 16.3. The van der Waals surface area contributed by atoms with Gasteiger partial charge in [0.25, 0.3) is 5.91 Å². The van der Waals surface area contributed by atoms with E-state index in [9.17, 15) is 14.9 Å². The number of carbonyl (C=O) groups is 2. The van der Waals surface area contributed by atoms with Crippen molar-refractivity contribution >= 4 is 46.8 Å². The summed E-state index contributed by atoms with van der Waals surface area (Å²) in [6.45, 7) is 0.0379. The Labute approximate surface area is 205 Å². The summed E-state index contributed by atoms with van der Waals surface area (Å²) in [6, 6.07) is 14.4. The Morgan fingerprint density at radius 3 is 2.56 bits per heavy atom. The van der Waals surface area contributed by atoms with Crippen LogP contribution in [0.3, 0.4) is 0 Å². The molecule has 0 aliphatic rings. The Hall–Kier alpha value is -3.93. The standard InChI is InChI=1S/C24H18Cl2N2O6/c1-31-22-10-14(3-7-20(22)33-13-17-5-8-21(34-17)24(30)32-2)9-15(12-27)23(29)28-19-6-4-16(25)11-18(19)26/h3-11H,13H2,1-2H3,(H,28,29)/b15-9+. The zero-order chi connectivity index (χ0) is 24.7. The first-order valence-electron chi connectivity index (χ1n) is 9.70. The van der Waals surface area contributed by atoms with Crippen molar-refractivity contribution in [2.75, 3.05) is 19.5 Å². The van der Waals surface area contributed by atoms with Gasteiger partial charge in [-0.2, -0.15) is 5.26 Å². The summed E-state index contributed by atoms with van der Waals surface area (Å²) in [5, 5.41) is 12.7. The van der Waals surface area contributed by atoms with Gasteiger partial charge in [-0.25, -0.2) is 4.79 Å². The van der Waals surface area contributed by atoms with Crippen molar-refractivity contribution in [3.8, 4) is 17.6 Å². The maximum atomic E-state index is 12.5. The molecular weight excluding hydrogens is 483 g/mol. The number of hydrogen-bond acceptors (Lipinski definition) is 7. The Morgan fingerprint density at radius 1 is 1.09 bits per heavy atom. The van der Waals surface area contributed by atoms with Crippen molar-refractivity contribution in [3.05, 3.63) is 81.2 Å². The average molecular weight is 501 g/mol. The minimum atomic E-state index is -0.634. The maximum absolute atomic E-state index is 12.5. The van der Waals surface area contributed by atoms with Crippen LogP contribution in [0.5, 0.6) is 11.5 Å². The molecule has 1 N–H and O–H groups in total. The second-order valence-corrected chi connectivity index (χ2v) is 7.55. The lowest BCUT2D eigenvalue weighted by molar-refractivity contribution is -0.112. The van der Waals surface area contributed by atoms with Crippen LogP contribution >= 0.6 is 23.2 Å². The summed E-state index contributed by atoms with van der Waals surface area (Å²) in [5.41, 5.74) is 0.712. The number of furan rings is 1. The molecule has 0 saturated heterocycles. The third kappa shape index (κ3) is 6.10. The van der Waals surface area contributed by atoms with Gasteiger partial charge in [-0.3, -0.25) is 4.79 Å². The van der Waals surface area contributed by atoms with Crippen LogP contribution in [0.4, 0.5) is 5.69 Å². The highest BCUT2D eigenvalue weighted by Gasteiger charge is 2.14. The van der Waals surface area contributed by atoms with E-state index in [1.54, 1.807) is 36.4 Å². The number of nitrogens with zero attached hydrogens (tertiary/aromatic N) is 1. The summed E-state index contributed by atoms with van der Waals surface area (Å²) in [7, 11) is 2.72. The lowest BCUT2D eigenvalue weighted by Crippen LogP contribution is -2.13. The average Bonchev–Trinajstić information content (AvgIpc) is 3.31. The molecule has 10 heteroatoms. The van der Waals surface area contributed by atoms with Gasteiger partial charge in [0, 0.05) is 5.02 Å². The molecule has 34 heavy (non-hydrogen) atoms. The van der Waals surface area contributed by atoms with Crippen molar-refractivity contribution in [3.63, 3.8) is 0 Å². The number of nitrogens with one attached hydrogen (secondary N) is 1. The number of carbonyl (C=O) groups excluding carboxylic acids is 2. The molecule has 0 saturated carbocycles. The van der Waals surface area contributed by atoms with Crippen LogP contribution in [0.15, 0.2) is 58.5 Å². The van der Waals surface area contributed by atoms with Crippen LogP contribution in [-0.4, -0.2) is 26.1 Å². The van der Waals surface area contributed by atoms with Gasteiger partial charge in [0.15, 0.2) is 11.5 Å². The Balaban J connectivity index is 1.74. The van der Waals surface area contributed by atoms with Crippen LogP contribution in [0.25, 0.3) is 6.08 Å². The molecule has 3 rings (SSSR count). The molecule has 3 aromatic rings. The van der Waals surface area contributed by atoms with E-state index in [-0.39, 0.29) is 23.0 Å². The highest BCUT2D eigenvalue weighted by Crippen LogP contribution is 2.30. The maximum Gasteiger partial charge on any atom is 0.373 e. The molecule has 0 unspecified atom stereocenters. The molecule has 8 nitrogen and oxygen atoms in total. The fourth-order valence-electron chi connectivity index (χ4n) is 2.80. The topological polar surface area (TPSA) is 111 Å². The number of amides is 1. The third-order valence-electron chi connectivity index (χ3n) is 4.46. The Kier molecular flexibility index (Phi) is 8.19. The second-order valence-electron chi connectivity index (χ2n) is 6.70. The number of nitriles is 1. The molecule has 0 fully saturated rings. The fraction of sp³-hybridized carbons (Fsp3) is 0.125. The van der Waals surface area contributed by atoms with Crippen molar-refractivity contribution in [1.29, 1.82) is 5.26 Å². The van der Waals surface area contributed by atoms with Crippen molar-refractivity contribution in [2.24, 2.45) is 0 Å². The smallest absolute Gasteiger partial charge is 0.373 e. The minimum Gasteiger partial charge on any atom is -0.493 e. The molecule has 0 aliphatic heterocycles. The number of halogens is 2. The number of anilines is 1. The molecular formula is C24H18Cl2N2O6. The van der Waals surface area contributed by atoms with Gasteiger partial charge in [0.1, 0.15) is 24.0 Å². The summed E-state index contributed by atoms with van der Waals surface area (Å²) >= 11 is 11.9. The Morgan fingerprint density at radius 2 is 1.88 bits per heavy atom. The van der Waals surface area contributed by atoms with Gasteiger partial charge in [0.05, 0.1) is 24.9 Å². The molecule has 1 aromatic heterocycles. The molecule has 0 radical (unpaired) electrons. The summed E-state index contributed by atoms with van der Waals surface area (Å²) in [6.07, 6.45) is 1.40. The van der Waals surface area contributed by atoms with Crippen LogP contribution in [0, 0.1) is 11.3 Å². The summed E-state index contributed by atoms with van der Waals surface area (Å²) in [5.74, 6) is 0.0193. The molecule has 1 heterocycles. The third-order valence-corrected chi connectivity index (χ3v) is 5.01. The lowest BCUT2D eigenvalue weighted by atomic mass is 10.1. The number of ether oxygens (including phenoxy) is 3. The lowest BCUT2D eigenvalue weighted by Gasteiger charge is -2.11. The van der Waals surface area contributed by atoms with E-state index >= 15 is 0 Å². The first kappa shape index (κ1) is 24.7. The highest BCUT2D eigenvalue weighted by molar-refractivity contribution is 6.36. The second kappa shape index (κ2) is 11.3. The summed E-state index contributed by atoms with van der Waals surface area (Å²) < 4.78 is 21.0. The number of methoxy groups -OCH3 is 2. The molecule has 2 aromatic carbocycles. The molecule has 1 amide bonds. The van der Waals surface area contributed by atoms with Gasteiger partial charge in [0.2, 0.25) is 5.76 Å². The molecule has 0 bridgehead atoms. The predicted octanol–water partition coefficient (Wildman–Crippen LogP) is 5.51. The largest absolute Gasteiger partial charge is 0.493 e.